The molecule has 1 N–H and O–H groups in total. The van der Waals surface area contributed by atoms with Crippen LogP contribution in [0.15, 0.2) is 52.5 Å². The van der Waals surface area contributed by atoms with Gasteiger partial charge in [-0.1, -0.05) is 42.8 Å². The Morgan fingerprint density at radius 3 is 2.63 bits per heavy atom. The lowest BCUT2D eigenvalue weighted by Gasteiger charge is -2.24. The van der Waals surface area contributed by atoms with Gasteiger partial charge in [-0.25, -0.2) is 4.39 Å². The molecule has 1 aliphatic rings. The Labute approximate surface area is 184 Å². The Hall–Kier alpha value is -1.35. The molecule has 1 aromatic rings. The Kier molecular flexibility index (Phi) is 11.7. The number of ether oxygens (including phenoxy) is 1. The summed E-state index contributed by atoms with van der Waals surface area (Å²) in [6.07, 6.45) is -0.841. The van der Waals surface area contributed by atoms with Gasteiger partial charge in [0.25, 0.3) is 0 Å². The van der Waals surface area contributed by atoms with Crippen molar-refractivity contribution in [3.05, 3.63) is 58.9 Å². The SMILES string of the molecule is CC/C=C/Cl.COC(NC(C)/C=C(\C)C(F)(F)F)C1CSC(c2cccc(F)c2)=N1. The Bertz CT molecular complexity index is 753. The van der Waals surface area contributed by atoms with Crippen molar-refractivity contribution in [3.63, 3.8) is 0 Å². The number of halogens is 5. The Balaban J connectivity index is 0.000000804. The van der Waals surface area contributed by atoms with Crippen molar-refractivity contribution in [2.75, 3.05) is 12.9 Å². The lowest BCUT2D eigenvalue weighted by atomic mass is 10.2. The molecule has 0 spiro atoms. The van der Waals surface area contributed by atoms with E-state index >= 15 is 0 Å². The minimum atomic E-state index is -4.34. The van der Waals surface area contributed by atoms with E-state index in [1.807, 2.05) is 13.0 Å². The van der Waals surface area contributed by atoms with Gasteiger partial charge in [0.15, 0.2) is 0 Å². The van der Waals surface area contributed by atoms with Gasteiger partial charge in [0.1, 0.15) is 18.1 Å². The average Bonchev–Trinajstić information content (AvgIpc) is 3.16. The summed E-state index contributed by atoms with van der Waals surface area (Å²) in [5.74, 6) is 0.263. The third-order valence-corrected chi connectivity index (χ3v) is 5.35. The number of hydrogen-bond acceptors (Lipinski definition) is 4. The number of nitrogens with one attached hydrogen (secondary N) is 1. The Morgan fingerprint density at radius 2 is 2.13 bits per heavy atom. The molecule has 30 heavy (non-hydrogen) atoms. The van der Waals surface area contributed by atoms with E-state index in [1.54, 1.807) is 19.1 Å². The summed E-state index contributed by atoms with van der Waals surface area (Å²) >= 11 is 6.59. The third kappa shape index (κ3) is 9.20. The quantitative estimate of drug-likeness (QED) is 0.291. The number of nitrogens with zero attached hydrogens (tertiary/aromatic N) is 1. The van der Waals surface area contributed by atoms with Crippen molar-refractivity contribution >= 4 is 28.4 Å². The van der Waals surface area contributed by atoms with Crippen molar-refractivity contribution in [2.45, 2.75) is 51.7 Å². The number of rotatable bonds is 7. The second kappa shape index (κ2) is 13.1. The van der Waals surface area contributed by atoms with E-state index in [0.29, 0.717) is 16.4 Å². The zero-order chi connectivity index (χ0) is 22.7. The summed E-state index contributed by atoms with van der Waals surface area (Å²) in [6.45, 7) is 4.70. The maximum atomic E-state index is 13.3. The zero-order valence-corrected chi connectivity index (χ0v) is 18.9. The molecule has 0 aliphatic carbocycles. The summed E-state index contributed by atoms with van der Waals surface area (Å²) in [5.41, 5.74) is 1.55. The number of aliphatic imine (C=N–C) groups is 1. The van der Waals surface area contributed by atoms with Crippen LogP contribution in [0.2, 0.25) is 0 Å². The van der Waals surface area contributed by atoms with E-state index in [2.05, 4.69) is 10.3 Å². The van der Waals surface area contributed by atoms with Crippen molar-refractivity contribution in [2.24, 2.45) is 4.99 Å². The van der Waals surface area contributed by atoms with E-state index in [9.17, 15) is 17.6 Å². The van der Waals surface area contributed by atoms with Crippen LogP contribution in [0.5, 0.6) is 0 Å². The molecular weight excluding hydrogens is 440 g/mol. The van der Waals surface area contributed by atoms with Crippen LogP contribution >= 0.6 is 23.4 Å². The number of alkyl halides is 3. The van der Waals surface area contributed by atoms with Gasteiger partial charge in [-0.15, -0.1) is 11.8 Å². The fourth-order valence-electron chi connectivity index (χ4n) is 2.53. The molecule has 0 amide bonds. The molecular formula is C21H27ClF4N2OS. The van der Waals surface area contributed by atoms with Gasteiger partial charge in [-0.2, -0.15) is 13.2 Å². The second-order valence-electron chi connectivity index (χ2n) is 6.55. The summed E-state index contributed by atoms with van der Waals surface area (Å²) in [6, 6.07) is 5.34. The highest BCUT2D eigenvalue weighted by molar-refractivity contribution is 8.14. The summed E-state index contributed by atoms with van der Waals surface area (Å²) in [5, 5.41) is 3.70. The first-order chi connectivity index (χ1) is 14.1. The molecule has 1 heterocycles. The number of benzene rings is 1. The number of thioether (sulfide) groups is 1. The average molecular weight is 467 g/mol. The van der Waals surface area contributed by atoms with Crippen LogP contribution in [0.1, 0.15) is 32.8 Å². The zero-order valence-electron chi connectivity index (χ0n) is 17.3. The lowest BCUT2D eigenvalue weighted by Crippen LogP contribution is -2.45. The third-order valence-electron chi connectivity index (χ3n) is 4.05. The van der Waals surface area contributed by atoms with Crippen LogP contribution in [0.25, 0.3) is 0 Å². The molecule has 0 saturated heterocycles. The van der Waals surface area contributed by atoms with Gasteiger partial charge in [0, 0.05) is 35.6 Å². The molecule has 1 aliphatic heterocycles. The van der Waals surface area contributed by atoms with Crippen molar-refractivity contribution in [1.29, 1.82) is 0 Å². The van der Waals surface area contributed by atoms with E-state index in [1.165, 1.54) is 36.5 Å². The molecule has 0 saturated carbocycles. The minimum Gasteiger partial charge on any atom is -0.364 e. The highest BCUT2D eigenvalue weighted by atomic mass is 35.5. The fraction of sp³-hybridized carbons (Fsp3) is 0.476. The maximum Gasteiger partial charge on any atom is 0.412 e. The first-order valence-electron chi connectivity index (χ1n) is 9.38. The molecule has 0 aromatic heterocycles. The lowest BCUT2D eigenvalue weighted by molar-refractivity contribution is -0.0918. The fourth-order valence-corrected chi connectivity index (χ4v) is 3.79. The Morgan fingerprint density at radius 1 is 1.43 bits per heavy atom. The number of methoxy groups -OCH3 is 1. The van der Waals surface area contributed by atoms with Gasteiger partial charge in [-0.05, 0) is 32.4 Å². The van der Waals surface area contributed by atoms with E-state index in [0.717, 1.165) is 19.4 Å². The smallest absolute Gasteiger partial charge is 0.364 e. The monoisotopic (exact) mass is 466 g/mol. The van der Waals surface area contributed by atoms with Gasteiger partial charge in [-0.3, -0.25) is 10.3 Å². The van der Waals surface area contributed by atoms with Crippen LogP contribution in [0.3, 0.4) is 0 Å². The summed E-state index contributed by atoms with van der Waals surface area (Å²) in [7, 11) is 1.48. The summed E-state index contributed by atoms with van der Waals surface area (Å²) < 4.78 is 56.6. The second-order valence-corrected chi connectivity index (χ2v) is 7.81. The van der Waals surface area contributed by atoms with Gasteiger partial charge in [0.05, 0.1) is 5.04 Å². The van der Waals surface area contributed by atoms with Crippen molar-refractivity contribution in [1.82, 2.24) is 5.32 Å². The standard InChI is InChI=1S/C17H20F4N2OS.C4H7Cl/c1-10(17(19,20)21)7-11(2)22-15(24-3)14-9-25-16(23-14)12-5-4-6-13(18)8-12;1-2-3-4-5/h4-8,11,14-15,22H,9H2,1-3H3;3-4H,2H2,1H3/b10-7+;4-3+. The predicted octanol–water partition coefficient (Wildman–Crippen LogP) is 6.30. The molecule has 3 atom stereocenters. The molecule has 1 aromatic carbocycles. The van der Waals surface area contributed by atoms with Crippen LogP contribution in [0.4, 0.5) is 17.6 Å². The molecule has 0 fully saturated rings. The molecule has 9 heteroatoms. The van der Waals surface area contributed by atoms with Crippen LogP contribution in [-0.4, -0.2) is 42.4 Å². The summed E-state index contributed by atoms with van der Waals surface area (Å²) in [4.78, 5) is 4.53. The van der Waals surface area contributed by atoms with Crippen LogP contribution in [-0.2, 0) is 4.74 Å². The predicted molar refractivity (Wildman–Crippen MR) is 118 cm³/mol. The van der Waals surface area contributed by atoms with E-state index in [4.69, 9.17) is 16.3 Å². The van der Waals surface area contributed by atoms with Crippen molar-refractivity contribution < 1.29 is 22.3 Å². The minimum absolute atomic E-state index is 0.268. The largest absolute Gasteiger partial charge is 0.412 e. The number of allylic oxidation sites excluding steroid dienone is 2. The highest BCUT2D eigenvalue weighted by Gasteiger charge is 2.31. The van der Waals surface area contributed by atoms with E-state index in [-0.39, 0.29) is 11.9 Å². The molecule has 168 valence electrons. The van der Waals surface area contributed by atoms with Crippen LogP contribution < -0.4 is 5.32 Å². The van der Waals surface area contributed by atoms with E-state index < -0.39 is 24.0 Å². The van der Waals surface area contributed by atoms with Crippen LogP contribution in [0, 0.1) is 5.82 Å². The molecule has 2 rings (SSSR count). The maximum absolute atomic E-state index is 13.3. The first-order valence-corrected chi connectivity index (χ1v) is 10.8. The molecule has 3 unspecified atom stereocenters. The van der Waals surface area contributed by atoms with Gasteiger partial charge < -0.3 is 4.74 Å². The molecule has 0 radical (unpaired) electrons. The van der Waals surface area contributed by atoms with Gasteiger partial charge in [0.2, 0.25) is 0 Å². The highest BCUT2D eigenvalue weighted by Crippen LogP contribution is 2.27. The molecule has 3 nitrogen and oxygen atoms in total. The topological polar surface area (TPSA) is 33.6 Å². The van der Waals surface area contributed by atoms with Gasteiger partial charge >= 0.3 is 6.18 Å². The molecule has 0 bridgehead atoms. The first kappa shape index (κ1) is 26.7. The number of hydrogen-bond donors (Lipinski definition) is 1. The van der Waals surface area contributed by atoms with Crippen molar-refractivity contribution in [3.8, 4) is 0 Å². The normalized spacial score (nSPS) is 19.3.